The smallest absolute Gasteiger partial charge is 0.0234 e. The zero-order valence-electron chi connectivity index (χ0n) is 10.3. The van der Waals surface area contributed by atoms with E-state index in [2.05, 4.69) is 20.8 Å². The first-order chi connectivity index (χ1) is 6.36. The van der Waals surface area contributed by atoms with E-state index in [1.807, 2.05) is 0 Å². The molecule has 4 rings (SSSR count). The predicted molar refractivity (Wildman–Crippen MR) is 62.5 cm³/mol. The third-order valence-corrected chi connectivity index (χ3v) is 6.13. The molecule has 0 aromatic rings. The summed E-state index contributed by atoms with van der Waals surface area (Å²) in [5.41, 5.74) is 7.63. The lowest BCUT2D eigenvalue weighted by atomic mass is 9.38. The van der Waals surface area contributed by atoms with E-state index < -0.39 is 0 Å². The fourth-order valence-corrected chi connectivity index (χ4v) is 5.24. The molecule has 4 N–H and O–H groups in total. The average Bonchev–Trinajstić information content (AvgIpc) is 1.98. The van der Waals surface area contributed by atoms with Crippen LogP contribution in [-0.4, -0.2) is 11.0 Å². The summed E-state index contributed by atoms with van der Waals surface area (Å²) in [6.07, 6.45) is 7.08. The number of nitrogens with two attached hydrogens (primary N) is 1. The summed E-state index contributed by atoms with van der Waals surface area (Å²) in [7, 11) is 0. The van der Waals surface area contributed by atoms with Crippen LogP contribution in [0.1, 0.15) is 52.9 Å². The van der Waals surface area contributed by atoms with Crippen LogP contribution in [0.5, 0.6) is 0 Å². The number of rotatable bonds is 0. The van der Waals surface area contributed by atoms with Gasteiger partial charge in [0.1, 0.15) is 0 Å². The summed E-state index contributed by atoms with van der Waals surface area (Å²) in [4.78, 5) is 0. The van der Waals surface area contributed by atoms with Gasteiger partial charge < -0.3 is 11.2 Å². The fourth-order valence-electron chi connectivity index (χ4n) is 5.24. The van der Waals surface area contributed by atoms with Crippen LogP contribution < -0.4 is 5.73 Å². The van der Waals surface area contributed by atoms with Crippen LogP contribution in [0.4, 0.5) is 0 Å². The summed E-state index contributed by atoms with van der Waals surface area (Å²) in [6.45, 7) is 7.22. The zero-order valence-corrected chi connectivity index (χ0v) is 10.3. The number of hydrogen-bond donors (Lipinski definition) is 1. The monoisotopic (exact) mass is 211 g/mol. The van der Waals surface area contributed by atoms with Crippen LogP contribution in [0.15, 0.2) is 0 Å². The summed E-state index contributed by atoms with van der Waals surface area (Å²) < 4.78 is 0. The van der Waals surface area contributed by atoms with Crippen molar-refractivity contribution in [3.8, 4) is 0 Å². The lowest BCUT2D eigenvalue weighted by Gasteiger charge is -2.69. The lowest BCUT2D eigenvalue weighted by molar-refractivity contribution is -0.159. The van der Waals surface area contributed by atoms with E-state index in [1.54, 1.807) is 0 Å². The maximum Gasteiger partial charge on any atom is 0.0234 e. The second kappa shape index (κ2) is 2.78. The van der Waals surface area contributed by atoms with Gasteiger partial charge in [0, 0.05) is 5.54 Å². The Morgan fingerprint density at radius 3 is 1.53 bits per heavy atom. The van der Waals surface area contributed by atoms with Crippen molar-refractivity contribution < 1.29 is 5.48 Å². The average molecular weight is 211 g/mol. The Balaban J connectivity index is 0.000000853. The van der Waals surface area contributed by atoms with Gasteiger partial charge in [-0.05, 0) is 61.7 Å². The maximum atomic E-state index is 6.68. The molecule has 2 nitrogen and oxygen atoms in total. The van der Waals surface area contributed by atoms with Crippen molar-refractivity contribution in [3.05, 3.63) is 0 Å². The third-order valence-electron chi connectivity index (χ3n) is 6.13. The molecule has 0 saturated heterocycles. The normalized spacial score (nSPS) is 61.6. The molecule has 0 heterocycles. The minimum atomic E-state index is 0. The molecule has 88 valence electrons. The van der Waals surface area contributed by atoms with E-state index in [9.17, 15) is 0 Å². The molecule has 0 spiro atoms. The molecule has 4 fully saturated rings. The first-order valence-corrected chi connectivity index (χ1v) is 6.15. The van der Waals surface area contributed by atoms with E-state index in [-0.39, 0.29) is 11.0 Å². The van der Waals surface area contributed by atoms with Crippen molar-refractivity contribution in [2.24, 2.45) is 28.4 Å². The van der Waals surface area contributed by atoms with E-state index in [0.29, 0.717) is 10.8 Å². The minimum Gasteiger partial charge on any atom is -0.412 e. The minimum absolute atomic E-state index is 0. The van der Waals surface area contributed by atoms with Crippen LogP contribution in [-0.2, 0) is 0 Å². The van der Waals surface area contributed by atoms with Gasteiger partial charge in [0.05, 0.1) is 0 Å². The van der Waals surface area contributed by atoms with Crippen LogP contribution in [0.3, 0.4) is 0 Å². The highest BCUT2D eigenvalue weighted by atomic mass is 16.0. The molecule has 2 heteroatoms. The van der Waals surface area contributed by atoms with Gasteiger partial charge in [-0.25, -0.2) is 0 Å². The molecular weight excluding hydrogens is 186 g/mol. The fraction of sp³-hybridized carbons (Fsp3) is 1.00. The van der Waals surface area contributed by atoms with Gasteiger partial charge in [-0.3, -0.25) is 0 Å². The standard InChI is InChI=1S/C13H23N.H2O/c1-11-5-9-4-10(6-11)8-12(2,7-9)13(11,3)14;/h9-10H,4-8,14H2,1-3H3;1H2. The highest BCUT2D eigenvalue weighted by Crippen LogP contribution is 2.68. The van der Waals surface area contributed by atoms with Crippen LogP contribution in [0.2, 0.25) is 0 Å². The largest absolute Gasteiger partial charge is 0.412 e. The van der Waals surface area contributed by atoms with Crippen molar-refractivity contribution in [2.45, 2.75) is 58.4 Å². The first kappa shape index (κ1) is 11.4. The molecule has 4 saturated carbocycles. The van der Waals surface area contributed by atoms with Gasteiger partial charge >= 0.3 is 0 Å². The van der Waals surface area contributed by atoms with Crippen molar-refractivity contribution in [3.63, 3.8) is 0 Å². The molecule has 0 aromatic heterocycles. The SMILES string of the molecule is CC12CC3CC(C1)CC(C)(C3)C2(C)N.O. The molecule has 15 heavy (non-hydrogen) atoms. The van der Waals surface area contributed by atoms with Crippen molar-refractivity contribution in [2.75, 3.05) is 0 Å². The zero-order chi connectivity index (χ0) is 10.2. The van der Waals surface area contributed by atoms with Crippen molar-refractivity contribution >= 4 is 0 Å². The van der Waals surface area contributed by atoms with Gasteiger partial charge in [-0.1, -0.05) is 13.8 Å². The summed E-state index contributed by atoms with van der Waals surface area (Å²) in [5, 5.41) is 0. The third kappa shape index (κ3) is 1.13. The Morgan fingerprint density at radius 1 is 0.867 bits per heavy atom. The van der Waals surface area contributed by atoms with Crippen LogP contribution in [0.25, 0.3) is 0 Å². The maximum absolute atomic E-state index is 6.68. The number of hydrogen-bond acceptors (Lipinski definition) is 1. The highest BCUT2D eigenvalue weighted by molar-refractivity contribution is 5.18. The molecule has 0 atom stereocenters. The Kier molecular flexibility index (Phi) is 2.11. The first-order valence-electron chi connectivity index (χ1n) is 6.15. The molecule has 0 radical (unpaired) electrons. The van der Waals surface area contributed by atoms with Gasteiger partial charge in [0.2, 0.25) is 0 Å². The van der Waals surface area contributed by atoms with Crippen molar-refractivity contribution in [1.29, 1.82) is 0 Å². The van der Waals surface area contributed by atoms with Gasteiger partial charge in [0.25, 0.3) is 0 Å². The van der Waals surface area contributed by atoms with Crippen LogP contribution >= 0.6 is 0 Å². The lowest BCUT2D eigenvalue weighted by Crippen LogP contribution is -2.71. The van der Waals surface area contributed by atoms with Gasteiger partial charge in [-0.2, -0.15) is 0 Å². The van der Waals surface area contributed by atoms with Gasteiger partial charge in [0.15, 0.2) is 0 Å². The van der Waals surface area contributed by atoms with Crippen LogP contribution in [0, 0.1) is 22.7 Å². The summed E-state index contributed by atoms with van der Waals surface area (Å²) >= 11 is 0. The molecule has 0 unspecified atom stereocenters. The highest BCUT2D eigenvalue weighted by Gasteiger charge is 2.64. The topological polar surface area (TPSA) is 57.5 Å². The molecular formula is C13H25NO. The molecule has 4 aliphatic carbocycles. The van der Waals surface area contributed by atoms with E-state index in [1.165, 1.54) is 32.1 Å². The molecule has 0 aromatic carbocycles. The second-order valence-electron chi connectivity index (χ2n) is 7.11. The summed E-state index contributed by atoms with van der Waals surface area (Å²) in [5.74, 6) is 1.99. The Bertz CT molecular complexity index is 246. The quantitative estimate of drug-likeness (QED) is 0.655. The predicted octanol–water partition coefficient (Wildman–Crippen LogP) is 2.12. The molecule has 0 amide bonds. The van der Waals surface area contributed by atoms with E-state index >= 15 is 0 Å². The van der Waals surface area contributed by atoms with E-state index in [4.69, 9.17) is 5.73 Å². The Morgan fingerprint density at radius 2 is 1.20 bits per heavy atom. The van der Waals surface area contributed by atoms with E-state index in [0.717, 1.165) is 11.8 Å². The molecule has 0 aliphatic heterocycles. The molecule has 4 bridgehead atoms. The Labute approximate surface area is 92.9 Å². The summed E-state index contributed by atoms with van der Waals surface area (Å²) in [6, 6.07) is 0. The Hall–Kier alpha value is -0.0800. The van der Waals surface area contributed by atoms with Gasteiger partial charge in [-0.15, -0.1) is 0 Å². The molecule has 4 aliphatic rings. The second-order valence-corrected chi connectivity index (χ2v) is 7.11. The van der Waals surface area contributed by atoms with Crippen molar-refractivity contribution in [1.82, 2.24) is 0 Å².